The lowest BCUT2D eigenvalue weighted by molar-refractivity contribution is 0.981. The molecule has 1 heterocycles. The Balaban J connectivity index is 2.84. The molecule has 4 heteroatoms. The monoisotopic (exact) mass is 192 g/mol. The van der Waals surface area contributed by atoms with Crippen LogP contribution in [-0.4, -0.2) is 9.97 Å². The van der Waals surface area contributed by atoms with E-state index in [-0.39, 0.29) is 0 Å². The van der Waals surface area contributed by atoms with Gasteiger partial charge in [-0.3, -0.25) is 0 Å². The van der Waals surface area contributed by atoms with Crippen molar-refractivity contribution in [3.63, 3.8) is 0 Å². The molecule has 2 nitrogen and oxygen atoms in total. The van der Waals surface area contributed by atoms with Gasteiger partial charge in [0, 0.05) is 0 Å². The lowest BCUT2D eigenvalue weighted by Gasteiger charge is -1.97. The zero-order valence-corrected chi connectivity index (χ0v) is 7.65. The van der Waals surface area contributed by atoms with Gasteiger partial charge in [0.1, 0.15) is 0 Å². The van der Waals surface area contributed by atoms with Crippen molar-refractivity contribution >= 4 is 36.3 Å². The summed E-state index contributed by atoms with van der Waals surface area (Å²) in [6, 6.07) is 7.53. The van der Waals surface area contributed by atoms with Gasteiger partial charge in [0.05, 0.1) is 11.0 Å². The molecule has 0 atom stereocenters. The molecule has 0 aliphatic rings. The fraction of sp³-hybridized carbons (Fsp3) is 0. The van der Waals surface area contributed by atoms with Crippen molar-refractivity contribution in [1.82, 2.24) is 9.97 Å². The minimum Gasteiger partial charge on any atom is -0.232 e. The summed E-state index contributed by atoms with van der Waals surface area (Å²) < 4.78 is 0. The number of benzene rings is 1. The van der Waals surface area contributed by atoms with E-state index in [2.05, 4.69) is 9.97 Å². The van der Waals surface area contributed by atoms with Crippen LogP contribution in [0, 0.1) is 0 Å². The maximum atomic E-state index is 4.90. The van der Waals surface area contributed by atoms with Crippen molar-refractivity contribution in [2.24, 2.45) is 0 Å². The predicted molar refractivity (Wildman–Crippen MR) is 51.3 cm³/mol. The zero-order valence-electron chi connectivity index (χ0n) is 6.02. The number of hydrogen-bond acceptors (Lipinski definition) is 2. The van der Waals surface area contributed by atoms with Crippen LogP contribution in [0.5, 0.6) is 0 Å². The van der Waals surface area contributed by atoms with E-state index in [1.54, 1.807) is 0 Å². The highest BCUT2D eigenvalue weighted by atomic mass is 32.1. The summed E-state index contributed by atoms with van der Waals surface area (Å²) in [5, 5.41) is 0.812. The van der Waals surface area contributed by atoms with Crippen molar-refractivity contribution in [2.45, 2.75) is 10.1 Å². The molecule has 0 saturated carbocycles. The Morgan fingerprint density at radius 3 is 1.67 bits per heavy atom. The fourth-order valence-electron chi connectivity index (χ4n) is 0.968. The molecule has 0 spiro atoms. The Hall–Kier alpha value is -1.00. The number of fused-ring (bicyclic) bond motifs is 1. The third kappa shape index (κ3) is 1.19. The summed E-state index contributed by atoms with van der Waals surface area (Å²) in [4.78, 5) is 8.25. The first-order valence-electron chi connectivity index (χ1n) is 3.38. The third-order valence-electron chi connectivity index (χ3n) is 1.51. The summed E-state index contributed by atoms with van der Waals surface area (Å²) in [6.45, 7) is 0. The normalized spacial score (nSPS) is 10.3. The van der Waals surface area contributed by atoms with Gasteiger partial charge in [-0.1, -0.05) is 37.4 Å². The van der Waals surface area contributed by atoms with Gasteiger partial charge < -0.3 is 0 Å². The largest absolute Gasteiger partial charge is 0.232 e. The maximum absolute atomic E-state index is 4.90. The second-order valence-electron chi connectivity index (χ2n) is 2.32. The first-order chi connectivity index (χ1) is 5.77. The van der Waals surface area contributed by atoms with Crippen molar-refractivity contribution in [2.75, 3.05) is 0 Å². The molecule has 0 unspecified atom stereocenters. The molecule has 0 bridgehead atoms. The Morgan fingerprint density at radius 2 is 1.25 bits per heavy atom. The standard InChI is InChI=1S/C8H4N2S2/c11-7-8(12)10-6-4-2-1-3-5(6)9-7/h1-4H. The van der Waals surface area contributed by atoms with E-state index >= 15 is 0 Å². The second kappa shape index (κ2) is 2.80. The quantitative estimate of drug-likeness (QED) is 0.641. The van der Waals surface area contributed by atoms with E-state index in [0.29, 0.717) is 10.1 Å². The highest BCUT2D eigenvalue weighted by Gasteiger charge is 2.01. The average Bonchev–Trinajstić information content (AvgIpc) is 2.07. The van der Waals surface area contributed by atoms with Crippen LogP contribution >= 0.6 is 25.3 Å². The van der Waals surface area contributed by atoms with Gasteiger partial charge in [-0.2, -0.15) is 0 Å². The molecular formula is C8H4N2S2. The number of rotatable bonds is 0. The van der Waals surface area contributed by atoms with E-state index in [0.717, 1.165) is 11.0 Å². The van der Waals surface area contributed by atoms with Crippen molar-refractivity contribution in [3.8, 4) is 0 Å². The molecule has 2 aromatic rings. The predicted octanol–water partition coefficient (Wildman–Crippen LogP) is 2.74. The van der Waals surface area contributed by atoms with E-state index < -0.39 is 0 Å². The van der Waals surface area contributed by atoms with Crippen LogP contribution in [0.1, 0.15) is 0 Å². The summed E-state index contributed by atoms with van der Waals surface area (Å²) in [5.41, 5.74) is 1.60. The molecule has 0 saturated heterocycles. The molecule has 2 rings (SSSR count). The van der Waals surface area contributed by atoms with Gasteiger partial charge in [-0.05, 0) is 12.1 Å². The summed E-state index contributed by atoms with van der Waals surface area (Å²) in [7, 11) is 0. The number of para-hydroxylation sites is 2. The van der Waals surface area contributed by atoms with Crippen LogP contribution in [-0.2, 0) is 0 Å². The van der Waals surface area contributed by atoms with Gasteiger partial charge >= 0.3 is 0 Å². The van der Waals surface area contributed by atoms with Crippen LogP contribution in [0.25, 0.3) is 11.0 Å². The molecule has 0 amide bonds. The smallest absolute Gasteiger partial charge is 0.163 e. The summed E-state index contributed by atoms with van der Waals surface area (Å²) >= 11 is 9.81. The Kier molecular flexibility index (Phi) is 1.78. The zero-order chi connectivity index (χ0) is 8.55. The first kappa shape index (κ1) is 7.64. The number of aromatic nitrogens is 2. The highest BCUT2D eigenvalue weighted by Crippen LogP contribution is 2.17. The van der Waals surface area contributed by atoms with Crippen LogP contribution in [0.4, 0.5) is 0 Å². The van der Waals surface area contributed by atoms with Crippen LogP contribution in [0.15, 0.2) is 34.3 Å². The van der Waals surface area contributed by atoms with E-state index in [1.165, 1.54) is 0 Å². The maximum Gasteiger partial charge on any atom is 0.163 e. The molecule has 2 radical (unpaired) electrons. The van der Waals surface area contributed by atoms with Crippen LogP contribution < -0.4 is 0 Å². The fourth-order valence-corrected chi connectivity index (χ4v) is 1.26. The summed E-state index contributed by atoms with van der Waals surface area (Å²) in [5.74, 6) is 0. The lowest BCUT2D eigenvalue weighted by atomic mass is 10.3. The molecule has 1 aromatic heterocycles. The van der Waals surface area contributed by atoms with Gasteiger partial charge in [-0.15, -0.1) is 0 Å². The van der Waals surface area contributed by atoms with Crippen molar-refractivity contribution in [3.05, 3.63) is 24.3 Å². The summed E-state index contributed by atoms with van der Waals surface area (Å²) in [6.07, 6.45) is 0. The van der Waals surface area contributed by atoms with Gasteiger partial charge in [-0.25, -0.2) is 9.97 Å². The SMILES string of the molecule is [S]c1nc2ccccc2nc1[S]. The minimum absolute atomic E-state index is 0.406. The highest BCUT2D eigenvalue weighted by molar-refractivity contribution is 7.83. The molecule has 0 aliphatic heterocycles. The third-order valence-corrected chi connectivity index (χ3v) is 2.21. The second-order valence-corrected chi connectivity index (χ2v) is 3.10. The van der Waals surface area contributed by atoms with E-state index in [1.807, 2.05) is 24.3 Å². The molecule has 58 valence electrons. The molecule has 12 heavy (non-hydrogen) atoms. The van der Waals surface area contributed by atoms with Crippen molar-refractivity contribution < 1.29 is 0 Å². The molecule has 0 N–H and O–H groups in total. The van der Waals surface area contributed by atoms with Gasteiger partial charge in [0.15, 0.2) is 10.1 Å². The Bertz CT molecular complexity index is 388. The van der Waals surface area contributed by atoms with Gasteiger partial charge in [0.2, 0.25) is 0 Å². The Labute approximate surface area is 80.9 Å². The molecule has 0 aliphatic carbocycles. The first-order valence-corrected chi connectivity index (χ1v) is 4.20. The lowest BCUT2D eigenvalue weighted by Crippen LogP contribution is -1.86. The number of hydrogen-bond donors (Lipinski definition) is 0. The average molecular weight is 192 g/mol. The number of nitrogens with zero attached hydrogens (tertiary/aromatic N) is 2. The molecule has 1 aromatic carbocycles. The van der Waals surface area contributed by atoms with E-state index in [9.17, 15) is 0 Å². The van der Waals surface area contributed by atoms with Crippen molar-refractivity contribution in [1.29, 1.82) is 0 Å². The van der Waals surface area contributed by atoms with Crippen LogP contribution in [0.2, 0.25) is 0 Å². The van der Waals surface area contributed by atoms with E-state index in [4.69, 9.17) is 25.3 Å². The topological polar surface area (TPSA) is 25.8 Å². The minimum atomic E-state index is 0.406. The Morgan fingerprint density at radius 1 is 0.833 bits per heavy atom. The van der Waals surface area contributed by atoms with Gasteiger partial charge in [0.25, 0.3) is 0 Å². The van der Waals surface area contributed by atoms with Crippen LogP contribution in [0.3, 0.4) is 0 Å². The molecular weight excluding hydrogens is 188 g/mol. The molecule has 0 fully saturated rings.